The number of carbonyl (C=O) groups is 1. The highest BCUT2D eigenvalue weighted by Crippen LogP contribution is 2.36. The quantitative estimate of drug-likeness (QED) is 0.340. The summed E-state index contributed by atoms with van der Waals surface area (Å²) in [4.78, 5) is 22.5. The summed E-state index contributed by atoms with van der Waals surface area (Å²) >= 11 is 0. The van der Waals surface area contributed by atoms with E-state index in [9.17, 15) is 14.9 Å². The van der Waals surface area contributed by atoms with Crippen molar-refractivity contribution in [3.63, 3.8) is 0 Å². The number of methoxy groups -OCH3 is 1. The van der Waals surface area contributed by atoms with E-state index in [1.54, 1.807) is 6.07 Å². The first-order valence-electron chi connectivity index (χ1n) is 10.3. The van der Waals surface area contributed by atoms with E-state index < -0.39 is 10.8 Å². The van der Waals surface area contributed by atoms with Crippen LogP contribution in [0.4, 0.5) is 5.69 Å². The number of amides is 1. The lowest BCUT2D eigenvalue weighted by atomic mass is 9.72. The van der Waals surface area contributed by atoms with Crippen LogP contribution in [0.3, 0.4) is 0 Å². The maximum Gasteiger partial charge on any atom is 0.311 e. The van der Waals surface area contributed by atoms with Crippen LogP contribution in [0.5, 0.6) is 11.5 Å². The molecule has 2 aromatic carbocycles. The molecule has 1 amide bonds. The van der Waals surface area contributed by atoms with E-state index in [2.05, 4.69) is 45.1 Å². The van der Waals surface area contributed by atoms with E-state index in [1.807, 2.05) is 24.3 Å². The highest BCUT2D eigenvalue weighted by Gasteiger charge is 2.27. The molecule has 0 unspecified atom stereocenters. The van der Waals surface area contributed by atoms with Gasteiger partial charge in [-0.3, -0.25) is 14.9 Å². The van der Waals surface area contributed by atoms with Gasteiger partial charge in [0, 0.05) is 11.6 Å². The van der Waals surface area contributed by atoms with E-state index in [0.29, 0.717) is 11.3 Å². The number of nitro groups is 1. The summed E-state index contributed by atoms with van der Waals surface area (Å²) in [7, 11) is 1.36. The Morgan fingerprint density at radius 2 is 1.78 bits per heavy atom. The van der Waals surface area contributed by atoms with E-state index in [1.165, 1.54) is 31.0 Å². The number of nitro benzene ring substituents is 1. The van der Waals surface area contributed by atoms with Crippen LogP contribution in [0.1, 0.15) is 52.2 Å². The molecule has 2 aromatic rings. The number of hydrogen-bond acceptors (Lipinski definition) is 6. The van der Waals surface area contributed by atoms with Crippen molar-refractivity contribution in [2.75, 3.05) is 13.7 Å². The monoisotopic (exact) mass is 441 g/mol. The van der Waals surface area contributed by atoms with Crippen LogP contribution in [0.2, 0.25) is 0 Å². The number of nitrogens with one attached hydrogen (secondary N) is 1. The van der Waals surface area contributed by atoms with Crippen molar-refractivity contribution in [1.82, 2.24) is 5.43 Å². The fourth-order valence-corrected chi connectivity index (χ4v) is 3.72. The molecule has 2 rings (SSSR count). The van der Waals surface area contributed by atoms with Crippen LogP contribution < -0.4 is 14.9 Å². The Balaban J connectivity index is 1.89. The predicted octanol–water partition coefficient (Wildman–Crippen LogP) is 4.85. The molecule has 0 aliphatic rings. The lowest BCUT2D eigenvalue weighted by Gasteiger charge is -2.33. The number of benzene rings is 2. The zero-order chi connectivity index (χ0) is 23.9. The fourth-order valence-electron chi connectivity index (χ4n) is 3.72. The SMILES string of the molecule is COc1ccc(/C=N/NC(=O)COc2ccc(C(C)(C)CC(C)(C)C)cc2)cc1[N+](=O)[O-]. The van der Waals surface area contributed by atoms with Gasteiger partial charge >= 0.3 is 5.69 Å². The number of nitrogens with zero attached hydrogens (tertiary/aromatic N) is 2. The molecular formula is C24H31N3O5. The third-order valence-electron chi connectivity index (χ3n) is 4.78. The molecule has 0 aliphatic carbocycles. The molecule has 0 saturated heterocycles. The molecular weight excluding hydrogens is 410 g/mol. The molecule has 0 spiro atoms. The van der Waals surface area contributed by atoms with E-state index >= 15 is 0 Å². The van der Waals surface area contributed by atoms with Gasteiger partial charge in [0.05, 0.1) is 18.2 Å². The van der Waals surface area contributed by atoms with Crippen LogP contribution >= 0.6 is 0 Å². The van der Waals surface area contributed by atoms with Gasteiger partial charge in [-0.05, 0) is 47.1 Å². The zero-order valence-corrected chi connectivity index (χ0v) is 19.5. The summed E-state index contributed by atoms with van der Waals surface area (Å²) in [5, 5.41) is 14.9. The standard InChI is InChI=1S/C24H31N3O5/c1-23(2,3)16-24(4,5)18-8-10-19(11-9-18)32-15-22(28)26-25-14-17-7-12-21(31-6)20(13-17)27(29)30/h7-14H,15-16H2,1-6H3,(H,26,28)/b25-14+. The maximum atomic E-state index is 12.0. The number of rotatable bonds is 9. The highest BCUT2D eigenvalue weighted by atomic mass is 16.6. The molecule has 0 heterocycles. The van der Waals surface area contributed by atoms with Crippen LogP contribution in [0.15, 0.2) is 47.6 Å². The Labute approximate surface area is 188 Å². The van der Waals surface area contributed by atoms with Crippen LogP contribution in [-0.2, 0) is 10.2 Å². The first-order chi connectivity index (χ1) is 14.9. The largest absolute Gasteiger partial charge is 0.490 e. The molecule has 0 radical (unpaired) electrons. The topological polar surface area (TPSA) is 103 Å². The molecule has 8 heteroatoms. The summed E-state index contributed by atoms with van der Waals surface area (Å²) in [6.45, 7) is 10.9. The van der Waals surface area contributed by atoms with Gasteiger partial charge in [-0.2, -0.15) is 5.10 Å². The van der Waals surface area contributed by atoms with Crippen molar-refractivity contribution >= 4 is 17.8 Å². The number of carbonyl (C=O) groups excluding carboxylic acids is 1. The van der Waals surface area contributed by atoms with Crippen molar-refractivity contribution < 1.29 is 19.2 Å². The molecule has 32 heavy (non-hydrogen) atoms. The molecule has 0 atom stereocenters. The minimum Gasteiger partial charge on any atom is -0.490 e. The molecule has 0 bridgehead atoms. The third kappa shape index (κ3) is 7.37. The van der Waals surface area contributed by atoms with Gasteiger partial charge in [0.2, 0.25) is 0 Å². The van der Waals surface area contributed by atoms with Crippen molar-refractivity contribution in [2.45, 2.75) is 46.5 Å². The molecule has 0 saturated carbocycles. The number of hydrogen-bond donors (Lipinski definition) is 1. The van der Waals surface area contributed by atoms with Gasteiger partial charge in [0.15, 0.2) is 12.4 Å². The smallest absolute Gasteiger partial charge is 0.311 e. The van der Waals surface area contributed by atoms with Gasteiger partial charge in [0.1, 0.15) is 5.75 Å². The highest BCUT2D eigenvalue weighted by molar-refractivity contribution is 5.84. The predicted molar refractivity (Wildman–Crippen MR) is 124 cm³/mol. The molecule has 1 N–H and O–H groups in total. The summed E-state index contributed by atoms with van der Waals surface area (Å²) in [6, 6.07) is 12.1. The minimum absolute atomic E-state index is 0.0272. The van der Waals surface area contributed by atoms with Crippen molar-refractivity contribution in [1.29, 1.82) is 0 Å². The summed E-state index contributed by atoms with van der Waals surface area (Å²) in [5.41, 5.74) is 4.07. The van der Waals surface area contributed by atoms with Gasteiger partial charge in [0.25, 0.3) is 5.91 Å². The second kappa shape index (κ2) is 10.3. The second-order valence-corrected chi connectivity index (χ2v) is 9.42. The van der Waals surface area contributed by atoms with Crippen LogP contribution in [0.25, 0.3) is 0 Å². The Morgan fingerprint density at radius 3 is 2.34 bits per heavy atom. The van der Waals surface area contributed by atoms with Gasteiger partial charge < -0.3 is 9.47 Å². The Kier molecular flexibility index (Phi) is 7.97. The summed E-state index contributed by atoms with van der Waals surface area (Å²) in [6.07, 6.45) is 2.36. The minimum atomic E-state index is -0.544. The number of hydrazone groups is 1. The Bertz CT molecular complexity index is 976. The second-order valence-electron chi connectivity index (χ2n) is 9.42. The lowest BCUT2D eigenvalue weighted by molar-refractivity contribution is -0.385. The van der Waals surface area contributed by atoms with Crippen molar-refractivity contribution in [2.24, 2.45) is 10.5 Å². The van der Waals surface area contributed by atoms with Crippen molar-refractivity contribution in [3.8, 4) is 11.5 Å². The van der Waals surface area contributed by atoms with Gasteiger partial charge in [-0.25, -0.2) is 5.43 Å². The summed E-state index contributed by atoms with van der Waals surface area (Å²) in [5.74, 6) is 0.295. The first kappa shape index (κ1) is 24.8. The Morgan fingerprint density at radius 1 is 1.12 bits per heavy atom. The maximum absolute atomic E-state index is 12.0. The number of ether oxygens (including phenoxy) is 2. The fraction of sp³-hybridized carbons (Fsp3) is 0.417. The molecule has 8 nitrogen and oxygen atoms in total. The van der Waals surface area contributed by atoms with Crippen LogP contribution in [-0.4, -0.2) is 30.8 Å². The average molecular weight is 442 g/mol. The van der Waals surface area contributed by atoms with E-state index in [-0.39, 0.29) is 28.9 Å². The lowest BCUT2D eigenvalue weighted by Crippen LogP contribution is -2.25. The van der Waals surface area contributed by atoms with E-state index in [0.717, 1.165) is 6.42 Å². The zero-order valence-electron chi connectivity index (χ0n) is 19.5. The first-order valence-corrected chi connectivity index (χ1v) is 10.3. The normalized spacial score (nSPS) is 11.9. The third-order valence-corrected chi connectivity index (χ3v) is 4.78. The molecule has 0 aliphatic heterocycles. The van der Waals surface area contributed by atoms with Crippen molar-refractivity contribution in [3.05, 3.63) is 63.7 Å². The van der Waals surface area contributed by atoms with E-state index in [4.69, 9.17) is 9.47 Å². The summed E-state index contributed by atoms with van der Waals surface area (Å²) < 4.78 is 10.5. The molecule has 0 aromatic heterocycles. The van der Waals surface area contributed by atoms with Gasteiger partial charge in [-0.1, -0.05) is 46.8 Å². The Hall–Kier alpha value is -3.42. The molecule has 172 valence electrons. The molecule has 0 fully saturated rings. The van der Waals surface area contributed by atoms with Crippen LogP contribution in [0, 0.1) is 15.5 Å². The average Bonchev–Trinajstić information content (AvgIpc) is 2.70. The van der Waals surface area contributed by atoms with Gasteiger partial charge in [-0.15, -0.1) is 0 Å².